The van der Waals surface area contributed by atoms with Crippen LogP contribution in [-0.2, 0) is 49.6 Å². The maximum atomic E-state index is 14.1. The van der Waals surface area contributed by atoms with Gasteiger partial charge in [-0.25, -0.2) is 0 Å². The summed E-state index contributed by atoms with van der Waals surface area (Å²) >= 11 is 0. The van der Waals surface area contributed by atoms with Crippen molar-refractivity contribution in [2.45, 2.75) is 337 Å². The van der Waals surface area contributed by atoms with Gasteiger partial charge in [-0.05, 0) is 83.1 Å². The van der Waals surface area contributed by atoms with Crippen molar-refractivity contribution in [3.05, 3.63) is 35.9 Å². The molecule has 1 aliphatic heterocycles. The number of benzene rings is 1. The molecule has 96 heavy (non-hydrogen) atoms. The Morgan fingerprint density at radius 2 is 1.05 bits per heavy atom. The van der Waals surface area contributed by atoms with E-state index >= 15 is 0 Å². The largest absolute Gasteiger partial charge is 0.480 e. The highest BCUT2D eigenvalue weighted by Crippen LogP contribution is 2.19. The minimum Gasteiger partial charge on any atom is -0.480 e. The molecule has 0 aliphatic carbocycles. The van der Waals surface area contributed by atoms with E-state index < -0.39 is 139 Å². The van der Waals surface area contributed by atoms with Gasteiger partial charge in [0.2, 0.25) is 47.3 Å². The zero-order valence-electron chi connectivity index (χ0n) is 58.4. The van der Waals surface area contributed by atoms with Crippen molar-refractivity contribution in [3.63, 3.8) is 0 Å². The van der Waals surface area contributed by atoms with Crippen LogP contribution in [0.2, 0.25) is 0 Å². The van der Waals surface area contributed by atoms with E-state index in [9.17, 15) is 63.6 Å². The third-order valence-electron chi connectivity index (χ3n) is 18.0. The van der Waals surface area contributed by atoms with Gasteiger partial charge in [0, 0.05) is 43.6 Å². The fourth-order valence-electron chi connectivity index (χ4n) is 12.1. The van der Waals surface area contributed by atoms with Crippen LogP contribution in [0.1, 0.15) is 252 Å². The van der Waals surface area contributed by atoms with Crippen LogP contribution in [0.15, 0.2) is 30.3 Å². The Bertz CT molecular complexity index is 2390. The summed E-state index contributed by atoms with van der Waals surface area (Å²) in [5.41, 5.74) is 36.7. The lowest BCUT2D eigenvalue weighted by Gasteiger charge is -2.32. The third-order valence-corrected chi connectivity index (χ3v) is 18.0. The van der Waals surface area contributed by atoms with E-state index in [0.717, 1.165) is 83.5 Å². The summed E-state index contributed by atoms with van der Waals surface area (Å²) in [6.07, 6.45) is 25.7. The SMILES string of the molecule is CC(N)CCCCCCCC(N)CCCCCCCC(N)CCCCCCCC(N)CCCCCCCC(O)CCNC(=O)CC(O)CC(O)C(NC(=O)C1NC(=O)C(CC(N)=O)NC(=O)C(NC(=O)[C@H](Cc2ccccc2)NC(=O)CC(N)C(=O)O)CC(=O)NC1C)C(C)C. The average molecular weight is 1360 g/mol. The van der Waals surface area contributed by atoms with Crippen molar-refractivity contribution in [1.29, 1.82) is 0 Å². The van der Waals surface area contributed by atoms with Crippen LogP contribution in [0.4, 0.5) is 0 Å². The van der Waals surface area contributed by atoms with E-state index in [1.165, 1.54) is 96.8 Å². The molecule has 0 saturated carbocycles. The van der Waals surface area contributed by atoms with Gasteiger partial charge in [0.05, 0.1) is 56.1 Å². The van der Waals surface area contributed by atoms with E-state index in [-0.39, 0.29) is 31.8 Å². The molecule has 13 unspecified atom stereocenters. The molecule has 550 valence electrons. The predicted octanol–water partition coefficient (Wildman–Crippen LogP) is 3.52. The number of amides is 8. The maximum Gasteiger partial charge on any atom is 0.321 e. The lowest BCUT2D eigenvalue weighted by Crippen LogP contribution is -2.62. The zero-order valence-corrected chi connectivity index (χ0v) is 58.4. The predicted molar refractivity (Wildman–Crippen MR) is 373 cm³/mol. The van der Waals surface area contributed by atoms with E-state index in [4.69, 9.17) is 34.4 Å². The standard InChI is InChI=1S/C70H127N13O13/c1-46(2)64(82-69(94)65-48(4)78-63(90)45-58(67(92)80-57(44-60(76)87)68(93)83-65)81-66(91)56(40-49-29-19-17-20-30-49)79-62(89)43-55(75)70(95)96)59(86)41-54(85)42-61(88)77-39-38-53(84)37-27-16-8-15-26-36-52(74)35-25-14-7-13-24-34-51(73)33-23-12-6-11-22-32-50(72)31-21-10-5-9-18-28-47(3)71/h17,19-20,29-30,46-48,50-59,64-65,84-86H,5-16,18,21-28,31-45,71-75H2,1-4H3,(H2,76,87)(H,77,88)(H,78,90)(H,79,89)(H,80,92)(H,81,91)(H,82,94)(H,83,93)(H,95,96)/t47?,48?,50?,51?,52?,53?,54?,55?,56-,57?,58?,59?,64?,65?/m0/s1. The fraction of sp³-hybridized carbons (Fsp3) is 0.786. The van der Waals surface area contributed by atoms with Gasteiger partial charge >= 0.3 is 5.97 Å². The number of aliphatic hydroxyl groups is 3. The number of carbonyl (C=O) groups excluding carboxylic acids is 8. The Kier molecular flexibility index (Phi) is 45.3. The number of aliphatic hydroxyl groups excluding tert-OH is 3. The molecule has 0 spiro atoms. The van der Waals surface area contributed by atoms with Crippen LogP contribution in [0.3, 0.4) is 0 Å². The van der Waals surface area contributed by atoms with Crippen molar-refractivity contribution in [2.24, 2.45) is 40.3 Å². The molecule has 14 atom stereocenters. The highest BCUT2D eigenvalue weighted by atomic mass is 16.4. The van der Waals surface area contributed by atoms with Gasteiger partial charge in [-0.2, -0.15) is 0 Å². The Morgan fingerprint density at radius 3 is 1.52 bits per heavy atom. The Morgan fingerprint density at radius 1 is 0.573 bits per heavy atom. The zero-order chi connectivity index (χ0) is 71.4. The van der Waals surface area contributed by atoms with Crippen molar-refractivity contribution in [2.75, 3.05) is 6.54 Å². The first-order chi connectivity index (χ1) is 45.6. The number of hydrogen-bond acceptors (Lipinski definition) is 17. The molecule has 1 fully saturated rings. The summed E-state index contributed by atoms with van der Waals surface area (Å²) in [4.78, 5) is 119. The molecule has 1 aromatic rings. The molecule has 2 rings (SSSR count). The van der Waals surface area contributed by atoms with Crippen molar-refractivity contribution < 1.29 is 63.6 Å². The molecular formula is C70H127N13O13. The smallest absolute Gasteiger partial charge is 0.321 e. The van der Waals surface area contributed by atoms with Gasteiger partial charge < -0.3 is 92.0 Å². The normalized spacial score (nSPS) is 19.3. The average Bonchev–Trinajstić information content (AvgIpc) is 1.44. The molecule has 8 amide bonds. The van der Waals surface area contributed by atoms with Crippen LogP contribution in [0.5, 0.6) is 0 Å². The number of carboxylic acid groups (broad SMARTS) is 1. The van der Waals surface area contributed by atoms with E-state index in [1.54, 1.807) is 44.2 Å². The minimum atomic E-state index is -1.75. The van der Waals surface area contributed by atoms with Crippen molar-refractivity contribution in [1.82, 2.24) is 37.2 Å². The lowest BCUT2D eigenvalue weighted by atomic mass is 9.93. The number of unbranched alkanes of at least 4 members (excludes halogenated alkanes) is 16. The highest BCUT2D eigenvalue weighted by molar-refractivity contribution is 5.99. The van der Waals surface area contributed by atoms with E-state index in [2.05, 4.69) is 44.1 Å². The molecule has 1 saturated heterocycles. The molecule has 26 heteroatoms. The van der Waals surface area contributed by atoms with Crippen LogP contribution < -0.4 is 71.6 Å². The molecule has 1 heterocycles. The van der Waals surface area contributed by atoms with Gasteiger partial charge in [-0.15, -0.1) is 0 Å². The first-order valence-electron chi connectivity index (χ1n) is 36.1. The number of carboxylic acids is 1. The quantitative estimate of drug-likeness (QED) is 0.0415. The molecule has 1 aliphatic rings. The molecule has 1 aromatic carbocycles. The summed E-state index contributed by atoms with van der Waals surface area (Å²) in [6, 6.07) is -0.917. The first kappa shape index (κ1) is 86.2. The van der Waals surface area contributed by atoms with Gasteiger partial charge in [0.1, 0.15) is 30.2 Å². The topological polar surface area (TPSA) is 475 Å². The van der Waals surface area contributed by atoms with E-state index in [0.29, 0.717) is 36.5 Å². The summed E-state index contributed by atoms with van der Waals surface area (Å²) in [7, 11) is 0. The second kappa shape index (κ2) is 50.5. The van der Waals surface area contributed by atoms with Gasteiger partial charge in [0.25, 0.3) is 0 Å². The molecule has 0 radical (unpaired) electrons. The highest BCUT2D eigenvalue weighted by Gasteiger charge is 2.39. The van der Waals surface area contributed by atoms with Gasteiger partial charge in [-0.3, -0.25) is 43.2 Å². The minimum absolute atomic E-state index is 0.151. The molecule has 0 bridgehead atoms. The first-order valence-corrected chi connectivity index (χ1v) is 36.1. The van der Waals surface area contributed by atoms with Crippen molar-refractivity contribution >= 4 is 53.2 Å². The number of hydrogen-bond donors (Lipinski definition) is 17. The number of rotatable bonds is 53. The molecule has 23 N–H and O–H groups in total. The fourth-order valence-corrected chi connectivity index (χ4v) is 12.1. The molecular weight excluding hydrogens is 1230 g/mol. The van der Waals surface area contributed by atoms with Crippen LogP contribution >= 0.6 is 0 Å². The summed E-state index contributed by atoms with van der Waals surface area (Å²) in [5, 5.41) is 59.6. The molecule has 0 aromatic heterocycles. The van der Waals surface area contributed by atoms with Crippen LogP contribution in [0, 0.1) is 5.92 Å². The number of nitrogens with one attached hydrogen (secondary N) is 7. The lowest BCUT2D eigenvalue weighted by molar-refractivity contribution is -0.140. The second-order valence-electron chi connectivity index (χ2n) is 27.7. The van der Waals surface area contributed by atoms with Gasteiger partial charge in [-0.1, -0.05) is 173 Å². The van der Waals surface area contributed by atoms with Gasteiger partial charge in [0.15, 0.2) is 0 Å². The number of aliphatic carboxylic acids is 1. The number of primary amides is 1. The Labute approximate surface area is 571 Å². The Hall–Kier alpha value is -5.87. The molecule has 26 nitrogen and oxygen atoms in total. The van der Waals surface area contributed by atoms with Crippen molar-refractivity contribution in [3.8, 4) is 0 Å². The summed E-state index contributed by atoms with van der Waals surface area (Å²) < 4.78 is 0. The second-order valence-corrected chi connectivity index (χ2v) is 27.7. The number of nitrogens with two attached hydrogens (primary N) is 6. The monoisotopic (exact) mass is 1360 g/mol. The van der Waals surface area contributed by atoms with Crippen LogP contribution in [0.25, 0.3) is 0 Å². The van der Waals surface area contributed by atoms with E-state index in [1.807, 2.05) is 0 Å². The maximum absolute atomic E-state index is 14.1. The number of carbonyl (C=O) groups is 9. The summed E-state index contributed by atoms with van der Waals surface area (Å²) in [6.45, 7) is 6.96. The van der Waals surface area contributed by atoms with Crippen LogP contribution in [-0.4, -0.2) is 165 Å². The summed E-state index contributed by atoms with van der Waals surface area (Å²) in [5.74, 6) is -9.42. The Balaban J connectivity index is 1.70. The third kappa shape index (κ3) is 40.8.